The fraction of sp³-hybridized carbons (Fsp3) is 0.176. The normalized spacial score (nSPS) is 14.3. The number of hydrogen-bond donors (Lipinski definition) is 1. The summed E-state index contributed by atoms with van der Waals surface area (Å²) in [4.78, 5) is 16.5. The molecule has 7 nitrogen and oxygen atoms in total. The van der Waals surface area contributed by atoms with E-state index < -0.39 is 12.2 Å². The summed E-state index contributed by atoms with van der Waals surface area (Å²) in [7, 11) is 1.89. The second kappa shape index (κ2) is 6.62. The summed E-state index contributed by atoms with van der Waals surface area (Å²) in [5.74, 6) is 0.479. The number of carbonyl (C=O) groups excluding carboxylic acids is 1. The topological polar surface area (TPSA) is 78.5 Å². The van der Waals surface area contributed by atoms with Gasteiger partial charge >= 0.3 is 6.29 Å². The molecule has 0 fully saturated rings. The van der Waals surface area contributed by atoms with E-state index in [0.29, 0.717) is 11.5 Å². The number of anilines is 1. The van der Waals surface area contributed by atoms with Crippen molar-refractivity contribution in [3.05, 3.63) is 54.2 Å². The number of aromatic nitrogens is 2. The van der Waals surface area contributed by atoms with Crippen molar-refractivity contribution in [2.24, 2.45) is 7.05 Å². The van der Waals surface area contributed by atoms with Crippen molar-refractivity contribution in [2.45, 2.75) is 17.2 Å². The molecule has 0 spiro atoms. The van der Waals surface area contributed by atoms with Gasteiger partial charge in [0.05, 0.1) is 5.75 Å². The van der Waals surface area contributed by atoms with Gasteiger partial charge in [-0.3, -0.25) is 4.79 Å². The van der Waals surface area contributed by atoms with Crippen LogP contribution in [0, 0.1) is 0 Å². The zero-order valence-electron chi connectivity index (χ0n) is 13.9. The van der Waals surface area contributed by atoms with E-state index in [1.807, 2.05) is 17.8 Å². The van der Waals surface area contributed by atoms with Crippen LogP contribution in [0.25, 0.3) is 0 Å². The zero-order valence-corrected chi connectivity index (χ0v) is 14.8. The number of rotatable bonds is 5. The maximum atomic E-state index is 13.0. The molecule has 2 aromatic heterocycles. The highest BCUT2D eigenvalue weighted by Crippen LogP contribution is 2.42. The van der Waals surface area contributed by atoms with Crippen LogP contribution in [0.3, 0.4) is 0 Å². The highest BCUT2D eigenvalue weighted by Gasteiger charge is 2.43. The summed E-state index contributed by atoms with van der Waals surface area (Å²) in [6, 6.07) is 7.23. The molecule has 3 heterocycles. The molecule has 0 radical (unpaired) electrons. The van der Waals surface area contributed by atoms with Crippen molar-refractivity contribution in [2.75, 3.05) is 5.32 Å². The number of benzene rings is 1. The van der Waals surface area contributed by atoms with Crippen LogP contribution >= 0.6 is 11.8 Å². The largest absolute Gasteiger partial charge is 0.586 e. The molecular formula is C17H13F2N3O4S. The lowest BCUT2D eigenvalue weighted by atomic mass is 10.2. The zero-order chi connectivity index (χ0) is 19.0. The SMILES string of the molecule is Cn1ccnc1SCc1ccc(C(=O)Nc2ccc3c(c2)OC(F)(F)O3)o1. The molecule has 0 bridgehead atoms. The molecule has 0 aliphatic carbocycles. The number of alkyl halides is 2. The molecule has 140 valence electrons. The number of hydrogen-bond acceptors (Lipinski definition) is 6. The van der Waals surface area contributed by atoms with Crippen LogP contribution in [-0.4, -0.2) is 21.8 Å². The highest BCUT2D eigenvalue weighted by atomic mass is 32.2. The third kappa shape index (κ3) is 3.75. The van der Waals surface area contributed by atoms with Gasteiger partial charge in [0.1, 0.15) is 5.76 Å². The minimum Gasteiger partial charge on any atom is -0.455 e. The van der Waals surface area contributed by atoms with Crippen LogP contribution in [0.4, 0.5) is 14.5 Å². The average Bonchev–Trinajstić information content (AvgIpc) is 3.30. The third-order valence-electron chi connectivity index (χ3n) is 3.67. The molecular weight excluding hydrogens is 380 g/mol. The Morgan fingerprint density at radius 1 is 1.26 bits per heavy atom. The van der Waals surface area contributed by atoms with Gasteiger partial charge in [-0.1, -0.05) is 11.8 Å². The Morgan fingerprint density at radius 2 is 2.07 bits per heavy atom. The summed E-state index contributed by atoms with van der Waals surface area (Å²) >= 11 is 1.47. The molecule has 0 saturated heterocycles. The maximum Gasteiger partial charge on any atom is 0.586 e. The van der Waals surface area contributed by atoms with Gasteiger partial charge in [-0.15, -0.1) is 8.78 Å². The van der Waals surface area contributed by atoms with Gasteiger partial charge < -0.3 is 23.8 Å². The quantitative estimate of drug-likeness (QED) is 0.663. The fourth-order valence-electron chi connectivity index (χ4n) is 2.42. The monoisotopic (exact) mass is 393 g/mol. The number of halogens is 2. The molecule has 27 heavy (non-hydrogen) atoms. The number of fused-ring (bicyclic) bond motifs is 1. The molecule has 1 amide bonds. The lowest BCUT2D eigenvalue weighted by Crippen LogP contribution is -2.25. The first-order valence-electron chi connectivity index (χ1n) is 7.80. The molecule has 1 aliphatic heterocycles. The standard InChI is InChI=1S/C17H13F2N3O4S/c1-22-7-6-20-16(22)27-9-11-3-5-13(24-11)15(23)21-10-2-4-12-14(8-10)26-17(18,19)25-12/h2-8H,9H2,1H3,(H,21,23). The molecule has 3 aromatic rings. The van der Waals surface area contributed by atoms with Crippen molar-refractivity contribution in [3.63, 3.8) is 0 Å². The van der Waals surface area contributed by atoms with Gasteiger partial charge in [-0.05, 0) is 24.3 Å². The second-order valence-electron chi connectivity index (χ2n) is 5.66. The van der Waals surface area contributed by atoms with E-state index in [9.17, 15) is 13.6 Å². The minimum absolute atomic E-state index is 0.0930. The Morgan fingerprint density at radius 3 is 2.85 bits per heavy atom. The van der Waals surface area contributed by atoms with Crippen molar-refractivity contribution in [3.8, 4) is 11.5 Å². The Kier molecular flexibility index (Phi) is 4.27. The molecule has 1 aliphatic rings. The van der Waals surface area contributed by atoms with Crippen LogP contribution in [0.15, 0.2) is 52.3 Å². The number of carbonyl (C=O) groups is 1. The summed E-state index contributed by atoms with van der Waals surface area (Å²) in [5.41, 5.74) is 0.278. The lowest BCUT2D eigenvalue weighted by molar-refractivity contribution is -0.286. The van der Waals surface area contributed by atoms with Gasteiger partial charge in [0.25, 0.3) is 5.91 Å². The first-order chi connectivity index (χ1) is 12.9. The number of imidazole rings is 1. The number of thioether (sulfide) groups is 1. The Balaban J connectivity index is 1.39. The van der Waals surface area contributed by atoms with E-state index >= 15 is 0 Å². The highest BCUT2D eigenvalue weighted by molar-refractivity contribution is 7.98. The predicted molar refractivity (Wildman–Crippen MR) is 92.1 cm³/mol. The molecule has 4 rings (SSSR count). The van der Waals surface area contributed by atoms with E-state index in [1.54, 1.807) is 18.3 Å². The molecule has 1 aromatic carbocycles. The number of aryl methyl sites for hydroxylation is 1. The summed E-state index contributed by atoms with van der Waals surface area (Å²) in [5, 5.41) is 3.40. The average molecular weight is 393 g/mol. The van der Waals surface area contributed by atoms with Crippen LogP contribution in [0.2, 0.25) is 0 Å². The van der Waals surface area contributed by atoms with E-state index in [-0.39, 0.29) is 22.9 Å². The van der Waals surface area contributed by atoms with E-state index in [1.165, 1.54) is 30.0 Å². The number of nitrogens with one attached hydrogen (secondary N) is 1. The fourth-order valence-corrected chi connectivity index (χ4v) is 3.25. The summed E-state index contributed by atoms with van der Waals surface area (Å²) in [6.07, 6.45) is -0.166. The first kappa shape index (κ1) is 17.4. The Hall–Kier alpha value is -3.01. The van der Waals surface area contributed by atoms with Crippen molar-refractivity contribution >= 4 is 23.4 Å². The van der Waals surface area contributed by atoms with Crippen molar-refractivity contribution in [1.82, 2.24) is 9.55 Å². The third-order valence-corrected chi connectivity index (χ3v) is 4.75. The summed E-state index contributed by atoms with van der Waals surface area (Å²) in [6.45, 7) is 0. The van der Waals surface area contributed by atoms with Crippen molar-refractivity contribution < 1.29 is 27.5 Å². The van der Waals surface area contributed by atoms with E-state index in [0.717, 1.165) is 5.16 Å². The first-order valence-corrected chi connectivity index (χ1v) is 8.78. The number of amides is 1. The van der Waals surface area contributed by atoms with Crippen LogP contribution in [0.1, 0.15) is 16.3 Å². The van der Waals surface area contributed by atoms with Gasteiger partial charge in [0.2, 0.25) is 0 Å². The Bertz CT molecular complexity index is 1000. The van der Waals surface area contributed by atoms with Gasteiger partial charge in [0, 0.05) is 31.2 Å². The van der Waals surface area contributed by atoms with E-state index in [4.69, 9.17) is 4.42 Å². The number of ether oxygens (including phenoxy) is 2. The van der Waals surface area contributed by atoms with Gasteiger partial charge in [-0.2, -0.15) is 0 Å². The molecule has 1 N–H and O–H groups in total. The maximum absolute atomic E-state index is 13.0. The molecule has 10 heteroatoms. The van der Waals surface area contributed by atoms with Crippen molar-refractivity contribution in [1.29, 1.82) is 0 Å². The lowest BCUT2D eigenvalue weighted by Gasteiger charge is -2.05. The number of nitrogens with zero attached hydrogens (tertiary/aromatic N) is 2. The number of furan rings is 1. The molecule has 0 saturated carbocycles. The van der Waals surface area contributed by atoms with E-state index in [2.05, 4.69) is 19.8 Å². The molecule has 0 atom stereocenters. The smallest absolute Gasteiger partial charge is 0.455 e. The van der Waals surface area contributed by atoms with Gasteiger partial charge in [-0.25, -0.2) is 4.98 Å². The second-order valence-corrected chi connectivity index (χ2v) is 6.60. The Labute approximate surface area is 156 Å². The predicted octanol–water partition coefficient (Wildman–Crippen LogP) is 3.88. The van der Waals surface area contributed by atoms with Gasteiger partial charge in [0.15, 0.2) is 22.4 Å². The van der Waals surface area contributed by atoms with Crippen LogP contribution < -0.4 is 14.8 Å². The molecule has 0 unspecified atom stereocenters. The minimum atomic E-state index is -3.70. The van der Waals surface area contributed by atoms with Crippen LogP contribution in [-0.2, 0) is 12.8 Å². The van der Waals surface area contributed by atoms with Crippen LogP contribution in [0.5, 0.6) is 11.5 Å². The summed E-state index contributed by atoms with van der Waals surface area (Å²) < 4.78 is 42.2.